The predicted molar refractivity (Wildman–Crippen MR) is 49.6 cm³/mol. The summed E-state index contributed by atoms with van der Waals surface area (Å²) in [4.78, 5) is 11.5. The number of halogens is 1. The number of nitrogens with zero attached hydrogens (tertiary/aromatic N) is 2. The first-order valence-corrected chi connectivity index (χ1v) is 4.15. The summed E-state index contributed by atoms with van der Waals surface area (Å²) in [6, 6.07) is 0. The van der Waals surface area contributed by atoms with Crippen LogP contribution in [0.5, 0.6) is 0 Å². The van der Waals surface area contributed by atoms with E-state index in [4.69, 9.17) is 11.6 Å². The largest absolute Gasteiger partial charge is 0.365 e. The zero-order valence-electron chi connectivity index (χ0n) is 6.99. The van der Waals surface area contributed by atoms with Gasteiger partial charge in [0.05, 0.1) is 11.5 Å². The summed E-state index contributed by atoms with van der Waals surface area (Å²) in [6.45, 7) is 5.38. The molecule has 0 bridgehead atoms. The molecule has 0 aromatic rings. The van der Waals surface area contributed by atoms with E-state index in [-0.39, 0.29) is 0 Å². The van der Waals surface area contributed by atoms with Crippen LogP contribution in [0.3, 0.4) is 0 Å². The van der Waals surface area contributed by atoms with Gasteiger partial charge in [0.15, 0.2) is 5.82 Å². The van der Waals surface area contributed by atoms with Crippen molar-refractivity contribution < 1.29 is 4.92 Å². The highest BCUT2D eigenvalue weighted by atomic mass is 35.5. The lowest BCUT2D eigenvalue weighted by Gasteiger charge is -2.15. The summed E-state index contributed by atoms with van der Waals surface area (Å²) in [5, 5.41) is 13.6. The van der Waals surface area contributed by atoms with Crippen LogP contribution in [0.25, 0.3) is 0 Å². The van der Waals surface area contributed by atoms with Crippen LogP contribution >= 0.6 is 11.6 Å². The van der Waals surface area contributed by atoms with E-state index in [1.165, 1.54) is 0 Å². The predicted octanol–water partition coefficient (Wildman–Crippen LogP) is 0.720. The monoisotopic (exact) mass is 203 g/mol. The van der Waals surface area contributed by atoms with Gasteiger partial charge in [-0.1, -0.05) is 18.2 Å². The maximum Gasteiger partial charge on any atom is 0.274 e. The minimum atomic E-state index is -0.488. The molecule has 1 aliphatic heterocycles. The fourth-order valence-electron chi connectivity index (χ4n) is 1.15. The van der Waals surface area contributed by atoms with Gasteiger partial charge < -0.3 is 10.2 Å². The van der Waals surface area contributed by atoms with Gasteiger partial charge in [0, 0.05) is 18.1 Å². The molecule has 0 unspecified atom stereocenters. The lowest BCUT2D eigenvalue weighted by molar-refractivity contribution is -0.404. The molecule has 6 heteroatoms. The molecule has 1 rings (SSSR count). The van der Waals surface area contributed by atoms with Crippen LogP contribution in [0.4, 0.5) is 0 Å². The first kappa shape index (κ1) is 9.85. The van der Waals surface area contributed by atoms with Crippen LogP contribution in [0.1, 0.15) is 0 Å². The Bertz CT molecular complexity index is 264. The average Bonchev–Trinajstić information content (AvgIpc) is 2.34. The Labute approximate surface area is 80.8 Å². The van der Waals surface area contributed by atoms with E-state index in [9.17, 15) is 10.1 Å². The Morgan fingerprint density at radius 2 is 2.62 bits per heavy atom. The number of hydrogen-bond acceptors (Lipinski definition) is 4. The Morgan fingerprint density at radius 3 is 3.15 bits per heavy atom. The third-order valence-corrected chi connectivity index (χ3v) is 1.74. The molecule has 1 N–H and O–H groups in total. The average molecular weight is 204 g/mol. The molecule has 0 radical (unpaired) electrons. The first-order chi connectivity index (χ1) is 6.09. The molecule has 1 fully saturated rings. The zero-order chi connectivity index (χ0) is 9.84. The fourth-order valence-corrected chi connectivity index (χ4v) is 1.29. The van der Waals surface area contributed by atoms with Gasteiger partial charge in [-0.3, -0.25) is 10.1 Å². The number of nitro groups is 1. The van der Waals surface area contributed by atoms with Crippen molar-refractivity contribution in [3.05, 3.63) is 33.7 Å². The number of hydrogen-bond donors (Lipinski definition) is 1. The van der Waals surface area contributed by atoms with E-state index in [1.807, 2.05) is 0 Å². The summed E-state index contributed by atoms with van der Waals surface area (Å²) in [7, 11) is 0. The van der Waals surface area contributed by atoms with E-state index in [0.717, 1.165) is 6.20 Å². The maximum absolute atomic E-state index is 10.2. The summed E-state index contributed by atoms with van der Waals surface area (Å²) < 4.78 is 0. The molecular formula is C7H10ClN3O2. The third kappa shape index (κ3) is 2.95. The maximum atomic E-state index is 10.2. The molecule has 1 heterocycles. The molecule has 1 aliphatic rings. The van der Waals surface area contributed by atoms with E-state index < -0.39 is 4.92 Å². The highest BCUT2D eigenvalue weighted by Crippen LogP contribution is 2.10. The second kappa shape index (κ2) is 4.13. The van der Waals surface area contributed by atoms with Gasteiger partial charge in [-0.15, -0.1) is 0 Å². The molecule has 13 heavy (non-hydrogen) atoms. The van der Waals surface area contributed by atoms with Crippen LogP contribution < -0.4 is 5.32 Å². The summed E-state index contributed by atoms with van der Waals surface area (Å²) in [5.74, 6) is 0.492. The first-order valence-electron chi connectivity index (χ1n) is 3.77. The van der Waals surface area contributed by atoms with Crippen molar-refractivity contribution in [1.29, 1.82) is 0 Å². The van der Waals surface area contributed by atoms with Crippen LogP contribution in [0, 0.1) is 10.1 Å². The molecule has 0 aromatic carbocycles. The van der Waals surface area contributed by atoms with E-state index in [0.29, 0.717) is 30.5 Å². The van der Waals surface area contributed by atoms with Gasteiger partial charge in [0.2, 0.25) is 0 Å². The highest BCUT2D eigenvalue weighted by Gasteiger charge is 2.19. The van der Waals surface area contributed by atoms with Crippen LogP contribution in [0.15, 0.2) is 23.6 Å². The Kier molecular flexibility index (Phi) is 3.13. The van der Waals surface area contributed by atoms with Crippen molar-refractivity contribution in [2.45, 2.75) is 0 Å². The molecule has 0 atom stereocenters. The van der Waals surface area contributed by atoms with E-state index in [2.05, 4.69) is 11.9 Å². The summed E-state index contributed by atoms with van der Waals surface area (Å²) in [6.07, 6.45) is 0.937. The zero-order valence-corrected chi connectivity index (χ0v) is 7.75. The Morgan fingerprint density at radius 1 is 1.92 bits per heavy atom. The summed E-state index contributed by atoms with van der Waals surface area (Å²) >= 11 is 5.60. The Hall–Kier alpha value is -1.23. The van der Waals surface area contributed by atoms with Crippen LogP contribution in [-0.2, 0) is 0 Å². The SMILES string of the molecule is C=C(Cl)CN1CCNC1=C[N+](=O)[O-]. The lowest BCUT2D eigenvalue weighted by atomic mass is 10.5. The van der Waals surface area contributed by atoms with Gasteiger partial charge in [0.25, 0.3) is 6.20 Å². The van der Waals surface area contributed by atoms with Crippen molar-refractivity contribution in [2.75, 3.05) is 19.6 Å². The lowest BCUT2D eigenvalue weighted by Crippen LogP contribution is -2.22. The van der Waals surface area contributed by atoms with Gasteiger partial charge >= 0.3 is 0 Å². The quantitative estimate of drug-likeness (QED) is 0.543. The third-order valence-electron chi connectivity index (χ3n) is 1.62. The van der Waals surface area contributed by atoms with E-state index >= 15 is 0 Å². The van der Waals surface area contributed by atoms with Crippen molar-refractivity contribution in [3.63, 3.8) is 0 Å². The van der Waals surface area contributed by atoms with E-state index in [1.54, 1.807) is 4.90 Å². The van der Waals surface area contributed by atoms with Gasteiger partial charge in [0.1, 0.15) is 0 Å². The summed E-state index contributed by atoms with van der Waals surface area (Å²) in [5.41, 5.74) is 0. The molecule has 0 spiro atoms. The second-order valence-corrected chi connectivity index (χ2v) is 3.20. The van der Waals surface area contributed by atoms with Gasteiger partial charge in [-0.05, 0) is 0 Å². The van der Waals surface area contributed by atoms with Crippen LogP contribution in [0.2, 0.25) is 0 Å². The smallest absolute Gasteiger partial charge is 0.274 e. The topological polar surface area (TPSA) is 58.4 Å². The molecule has 0 saturated carbocycles. The molecule has 1 saturated heterocycles. The van der Waals surface area contributed by atoms with Gasteiger partial charge in [-0.25, -0.2) is 0 Å². The highest BCUT2D eigenvalue weighted by molar-refractivity contribution is 6.29. The fraction of sp³-hybridized carbons (Fsp3) is 0.429. The molecule has 5 nitrogen and oxygen atoms in total. The number of nitrogens with one attached hydrogen (secondary N) is 1. The van der Waals surface area contributed by atoms with Crippen molar-refractivity contribution in [2.24, 2.45) is 0 Å². The van der Waals surface area contributed by atoms with Crippen molar-refractivity contribution in [1.82, 2.24) is 10.2 Å². The van der Waals surface area contributed by atoms with Crippen molar-refractivity contribution >= 4 is 11.6 Å². The standard InChI is InChI=1S/C7H10ClN3O2/c1-6(8)4-10-3-2-9-7(10)5-11(12)13/h5,9H,1-4H2. The van der Waals surface area contributed by atoms with Gasteiger partial charge in [-0.2, -0.15) is 0 Å². The molecule has 0 aliphatic carbocycles. The molecular weight excluding hydrogens is 194 g/mol. The normalized spacial score (nSPS) is 18.8. The van der Waals surface area contributed by atoms with Crippen LogP contribution in [-0.4, -0.2) is 29.5 Å². The Balaban J connectivity index is 2.63. The second-order valence-electron chi connectivity index (χ2n) is 2.67. The van der Waals surface area contributed by atoms with Crippen molar-refractivity contribution in [3.8, 4) is 0 Å². The molecule has 0 amide bonds. The minimum Gasteiger partial charge on any atom is -0.365 e. The molecule has 72 valence electrons. The minimum absolute atomic E-state index is 0.439. The number of rotatable bonds is 3. The molecule has 0 aromatic heterocycles.